The molecule has 0 spiro atoms. The van der Waals surface area contributed by atoms with Crippen LogP contribution in [0.4, 0.5) is 4.79 Å². The van der Waals surface area contributed by atoms with Crippen molar-refractivity contribution in [1.82, 2.24) is 26.1 Å². The summed E-state index contributed by atoms with van der Waals surface area (Å²) in [5.41, 5.74) is 1.87. The van der Waals surface area contributed by atoms with E-state index in [0.29, 0.717) is 18.9 Å². The highest BCUT2D eigenvalue weighted by Gasteiger charge is 2.27. The molecule has 0 bridgehead atoms. The molecule has 0 radical (unpaired) electrons. The molecule has 21 heavy (non-hydrogen) atoms. The molecule has 0 unspecified atom stereocenters. The average Bonchev–Trinajstić information content (AvgIpc) is 3.22. The number of amides is 4. The van der Waals surface area contributed by atoms with Crippen molar-refractivity contribution in [3.63, 3.8) is 0 Å². The summed E-state index contributed by atoms with van der Waals surface area (Å²) in [5.74, 6) is -0.114. The van der Waals surface area contributed by atoms with E-state index in [-0.39, 0.29) is 18.2 Å². The van der Waals surface area contributed by atoms with Gasteiger partial charge in [-0.3, -0.25) is 20.0 Å². The fraction of sp³-hybridized carbons (Fsp3) is 0.538. The van der Waals surface area contributed by atoms with Crippen molar-refractivity contribution in [2.24, 2.45) is 0 Å². The minimum atomic E-state index is -0.692. The van der Waals surface area contributed by atoms with Crippen LogP contribution in [0.3, 0.4) is 0 Å². The van der Waals surface area contributed by atoms with Gasteiger partial charge in [-0.1, -0.05) is 0 Å². The first kappa shape index (κ1) is 13.6. The molecule has 8 heteroatoms. The number of urea groups is 1. The fourth-order valence-electron chi connectivity index (χ4n) is 2.29. The van der Waals surface area contributed by atoms with E-state index < -0.39 is 12.1 Å². The summed E-state index contributed by atoms with van der Waals surface area (Å²) in [4.78, 5) is 34.6. The van der Waals surface area contributed by atoms with E-state index in [2.05, 4.69) is 26.1 Å². The Bertz CT molecular complexity index is 578. The molecule has 2 aliphatic rings. The van der Waals surface area contributed by atoms with Gasteiger partial charge in [-0.2, -0.15) is 5.10 Å². The highest BCUT2D eigenvalue weighted by molar-refractivity contribution is 5.98. The molecule has 1 aliphatic heterocycles. The van der Waals surface area contributed by atoms with Gasteiger partial charge in [-0.15, -0.1) is 0 Å². The van der Waals surface area contributed by atoms with E-state index >= 15 is 0 Å². The number of nitrogens with zero attached hydrogens (tertiary/aromatic N) is 1. The van der Waals surface area contributed by atoms with Crippen LogP contribution < -0.4 is 16.0 Å². The van der Waals surface area contributed by atoms with Crippen LogP contribution in [0.5, 0.6) is 0 Å². The molecule has 3 rings (SSSR count). The van der Waals surface area contributed by atoms with Crippen LogP contribution in [0.1, 0.15) is 43.0 Å². The van der Waals surface area contributed by atoms with E-state index in [1.54, 1.807) is 0 Å². The Morgan fingerprint density at radius 1 is 1.33 bits per heavy atom. The van der Waals surface area contributed by atoms with Gasteiger partial charge in [0.2, 0.25) is 11.8 Å². The maximum Gasteiger partial charge on any atom is 0.322 e. The third kappa shape index (κ3) is 3.39. The van der Waals surface area contributed by atoms with Crippen LogP contribution in [0.2, 0.25) is 0 Å². The maximum absolute atomic E-state index is 12.0. The number of carbonyl (C=O) groups is 3. The van der Waals surface area contributed by atoms with Crippen LogP contribution in [-0.2, 0) is 16.1 Å². The Morgan fingerprint density at radius 2 is 2.14 bits per heavy atom. The summed E-state index contributed by atoms with van der Waals surface area (Å²) in [6, 6.07) is 0.631. The van der Waals surface area contributed by atoms with Crippen molar-refractivity contribution < 1.29 is 14.4 Å². The molecule has 112 valence electrons. The molecular formula is C13H17N5O3. The highest BCUT2D eigenvalue weighted by atomic mass is 16.2. The monoisotopic (exact) mass is 291 g/mol. The van der Waals surface area contributed by atoms with Gasteiger partial charge in [0.25, 0.3) is 0 Å². The quantitative estimate of drug-likeness (QED) is 0.619. The number of imide groups is 1. The van der Waals surface area contributed by atoms with Gasteiger partial charge in [0, 0.05) is 12.3 Å². The Hall–Kier alpha value is -2.38. The standard InChI is InChI=1S/C13H17N5O3/c19-11-4-3-9(15-13(21)16-11)12(20)14-6-8-5-10(18-17-8)7-1-2-7/h5,7,9H,1-4,6H2,(H,14,20)(H,17,18)(H2,15,16,19,21)/t9-/m0/s1. The Labute approximate surface area is 121 Å². The largest absolute Gasteiger partial charge is 0.349 e. The van der Waals surface area contributed by atoms with Gasteiger partial charge in [-0.25, -0.2) is 4.79 Å². The summed E-state index contributed by atoms with van der Waals surface area (Å²) < 4.78 is 0. The predicted molar refractivity (Wildman–Crippen MR) is 72.1 cm³/mol. The summed E-state index contributed by atoms with van der Waals surface area (Å²) in [5, 5.41) is 14.4. The Morgan fingerprint density at radius 3 is 2.90 bits per heavy atom. The van der Waals surface area contributed by atoms with Crippen LogP contribution in [0.15, 0.2) is 6.07 Å². The van der Waals surface area contributed by atoms with Crippen molar-refractivity contribution in [3.05, 3.63) is 17.5 Å². The number of carbonyl (C=O) groups excluding carboxylic acids is 3. The summed E-state index contributed by atoms with van der Waals surface area (Å²) >= 11 is 0. The van der Waals surface area contributed by atoms with Crippen molar-refractivity contribution in [1.29, 1.82) is 0 Å². The number of aromatic nitrogens is 2. The lowest BCUT2D eigenvalue weighted by atomic mass is 10.1. The number of rotatable bonds is 4. The Balaban J connectivity index is 1.52. The molecule has 2 fully saturated rings. The van der Waals surface area contributed by atoms with Gasteiger partial charge in [0.1, 0.15) is 6.04 Å². The second-order valence-electron chi connectivity index (χ2n) is 5.42. The second-order valence-corrected chi connectivity index (χ2v) is 5.42. The number of nitrogens with one attached hydrogen (secondary N) is 4. The molecule has 1 aliphatic carbocycles. The van der Waals surface area contributed by atoms with E-state index in [9.17, 15) is 14.4 Å². The summed E-state index contributed by atoms with van der Waals surface area (Å²) in [6.45, 7) is 0.326. The molecule has 4 N–H and O–H groups in total. The summed E-state index contributed by atoms with van der Waals surface area (Å²) in [7, 11) is 0. The molecule has 1 saturated heterocycles. The number of H-pyrrole nitrogens is 1. The third-order valence-electron chi connectivity index (χ3n) is 3.63. The second kappa shape index (κ2) is 5.55. The fourth-order valence-corrected chi connectivity index (χ4v) is 2.29. The predicted octanol–water partition coefficient (Wildman–Crippen LogP) is -0.108. The van der Waals surface area contributed by atoms with E-state index in [1.165, 1.54) is 12.8 Å². The molecule has 8 nitrogen and oxygen atoms in total. The third-order valence-corrected chi connectivity index (χ3v) is 3.63. The lowest BCUT2D eigenvalue weighted by Crippen LogP contribution is -2.48. The van der Waals surface area contributed by atoms with Gasteiger partial charge < -0.3 is 10.6 Å². The number of hydrogen-bond acceptors (Lipinski definition) is 4. The molecule has 4 amide bonds. The minimum absolute atomic E-state index is 0.146. The van der Waals surface area contributed by atoms with Gasteiger partial charge in [0.15, 0.2) is 0 Å². The highest BCUT2D eigenvalue weighted by Crippen LogP contribution is 2.38. The molecule has 0 aromatic carbocycles. The van der Waals surface area contributed by atoms with Gasteiger partial charge in [0.05, 0.1) is 17.9 Å². The van der Waals surface area contributed by atoms with Crippen molar-refractivity contribution in [3.8, 4) is 0 Å². The van der Waals surface area contributed by atoms with Crippen molar-refractivity contribution >= 4 is 17.8 Å². The normalized spacial score (nSPS) is 22.2. The topological polar surface area (TPSA) is 116 Å². The molecule has 1 atom stereocenters. The van der Waals surface area contributed by atoms with Crippen molar-refractivity contribution in [2.75, 3.05) is 0 Å². The minimum Gasteiger partial charge on any atom is -0.349 e. The van der Waals surface area contributed by atoms with E-state index in [4.69, 9.17) is 0 Å². The van der Waals surface area contributed by atoms with Crippen LogP contribution in [0.25, 0.3) is 0 Å². The zero-order chi connectivity index (χ0) is 14.8. The lowest BCUT2D eigenvalue weighted by molar-refractivity contribution is -0.123. The van der Waals surface area contributed by atoms with E-state index in [1.807, 2.05) is 6.07 Å². The first-order chi connectivity index (χ1) is 10.1. The van der Waals surface area contributed by atoms with Crippen LogP contribution in [0, 0.1) is 0 Å². The smallest absolute Gasteiger partial charge is 0.322 e. The van der Waals surface area contributed by atoms with Crippen molar-refractivity contribution in [2.45, 2.75) is 44.2 Å². The summed E-state index contributed by atoms with van der Waals surface area (Å²) in [6.07, 6.45) is 2.78. The van der Waals surface area contributed by atoms with E-state index in [0.717, 1.165) is 11.4 Å². The molecule has 1 aromatic rings. The SMILES string of the molecule is O=C1CC[C@@H](C(=O)NCc2cc(C3CC3)n[nH]2)NC(=O)N1. The Kier molecular flexibility index (Phi) is 3.59. The number of aromatic amines is 1. The van der Waals surface area contributed by atoms with Crippen LogP contribution >= 0.6 is 0 Å². The van der Waals surface area contributed by atoms with Gasteiger partial charge >= 0.3 is 6.03 Å². The average molecular weight is 291 g/mol. The first-order valence-corrected chi connectivity index (χ1v) is 7.04. The maximum atomic E-state index is 12.0. The zero-order valence-electron chi connectivity index (χ0n) is 11.4. The lowest BCUT2D eigenvalue weighted by Gasteiger charge is -2.14. The number of hydrogen-bond donors (Lipinski definition) is 4. The molecule has 1 saturated carbocycles. The zero-order valence-corrected chi connectivity index (χ0v) is 11.4. The van der Waals surface area contributed by atoms with Crippen LogP contribution in [-0.4, -0.2) is 34.1 Å². The molecule has 1 aromatic heterocycles. The first-order valence-electron chi connectivity index (χ1n) is 7.04. The molecular weight excluding hydrogens is 274 g/mol. The van der Waals surface area contributed by atoms with Gasteiger partial charge in [-0.05, 0) is 25.3 Å². The molecule has 2 heterocycles.